The molecular formula is C18H33FeO6. The van der Waals surface area contributed by atoms with Gasteiger partial charge in [0.05, 0.1) is 0 Å². The second-order valence-corrected chi connectivity index (χ2v) is 5.49. The van der Waals surface area contributed by atoms with Crippen LogP contribution in [0.1, 0.15) is 97.8 Å². The van der Waals surface area contributed by atoms with Gasteiger partial charge in [-0.3, -0.25) is 0 Å². The fourth-order valence-corrected chi connectivity index (χ4v) is 1.56. The third-order valence-corrected chi connectivity index (χ3v) is 2.95. The average Bonchev–Trinajstić information content (AvgIpc) is 2.48. The minimum absolute atomic E-state index is 0. The molecule has 0 aromatic rings. The smallest absolute Gasteiger partial charge is 0.550 e. The SMILES string of the molecule is CCCCCC(=O)[O-].CCCCCC(=O)[O-].CCCCCC(=O)[O-].[Fe+3]. The topological polar surface area (TPSA) is 120 Å². The van der Waals surface area contributed by atoms with E-state index in [2.05, 4.69) is 0 Å². The van der Waals surface area contributed by atoms with Crippen molar-refractivity contribution in [1.29, 1.82) is 0 Å². The summed E-state index contributed by atoms with van der Waals surface area (Å²) in [4.78, 5) is 29.3. The van der Waals surface area contributed by atoms with Crippen molar-refractivity contribution in [3.63, 3.8) is 0 Å². The Morgan fingerprint density at radius 2 is 0.720 bits per heavy atom. The second-order valence-electron chi connectivity index (χ2n) is 5.49. The summed E-state index contributed by atoms with van der Waals surface area (Å²) in [6.45, 7) is 6.11. The summed E-state index contributed by atoms with van der Waals surface area (Å²) < 4.78 is 0. The first-order valence-corrected chi connectivity index (χ1v) is 8.91. The summed E-state index contributed by atoms with van der Waals surface area (Å²) in [5, 5.41) is 29.3. The van der Waals surface area contributed by atoms with Crippen molar-refractivity contribution < 1.29 is 46.8 Å². The maximum atomic E-state index is 9.76. The predicted molar refractivity (Wildman–Crippen MR) is 87.4 cm³/mol. The van der Waals surface area contributed by atoms with Gasteiger partial charge in [-0.25, -0.2) is 0 Å². The molecule has 0 heterocycles. The van der Waals surface area contributed by atoms with Gasteiger partial charge in [0.25, 0.3) is 0 Å². The molecule has 0 aliphatic carbocycles. The zero-order chi connectivity index (χ0) is 19.2. The molecule has 6 nitrogen and oxygen atoms in total. The van der Waals surface area contributed by atoms with Gasteiger partial charge in [-0.05, 0) is 38.5 Å². The van der Waals surface area contributed by atoms with E-state index in [1.165, 1.54) is 0 Å². The molecule has 0 aliphatic rings. The van der Waals surface area contributed by atoms with Crippen LogP contribution in [-0.4, -0.2) is 17.9 Å². The first-order chi connectivity index (χ1) is 11.3. The molecule has 0 fully saturated rings. The molecular weight excluding hydrogens is 368 g/mol. The van der Waals surface area contributed by atoms with E-state index >= 15 is 0 Å². The third-order valence-electron chi connectivity index (χ3n) is 2.95. The van der Waals surface area contributed by atoms with Crippen molar-refractivity contribution in [3.05, 3.63) is 0 Å². The van der Waals surface area contributed by atoms with Crippen molar-refractivity contribution in [2.24, 2.45) is 0 Å². The van der Waals surface area contributed by atoms with Gasteiger partial charge in [0.15, 0.2) is 0 Å². The van der Waals surface area contributed by atoms with Crippen LogP contribution in [0, 0.1) is 0 Å². The molecule has 0 rings (SSSR count). The van der Waals surface area contributed by atoms with Gasteiger partial charge in [0, 0.05) is 17.9 Å². The van der Waals surface area contributed by atoms with Gasteiger partial charge >= 0.3 is 17.1 Å². The number of hydrogen-bond acceptors (Lipinski definition) is 6. The number of carbonyl (C=O) groups excluding carboxylic acids is 3. The number of hydrogen-bond donors (Lipinski definition) is 0. The molecule has 7 heteroatoms. The van der Waals surface area contributed by atoms with Crippen molar-refractivity contribution in [1.82, 2.24) is 0 Å². The normalized spacial score (nSPS) is 8.76. The van der Waals surface area contributed by atoms with Crippen molar-refractivity contribution in [2.75, 3.05) is 0 Å². The van der Waals surface area contributed by atoms with E-state index < -0.39 is 17.9 Å². The molecule has 0 unspecified atom stereocenters. The number of rotatable bonds is 12. The maximum absolute atomic E-state index is 9.76. The van der Waals surface area contributed by atoms with Crippen LogP contribution in [0.25, 0.3) is 0 Å². The summed E-state index contributed by atoms with van der Waals surface area (Å²) in [5.74, 6) is -2.80. The molecule has 149 valence electrons. The van der Waals surface area contributed by atoms with Crippen LogP contribution in [0.4, 0.5) is 0 Å². The molecule has 0 aromatic carbocycles. The van der Waals surface area contributed by atoms with E-state index in [1.54, 1.807) is 0 Å². The third kappa shape index (κ3) is 51.8. The van der Waals surface area contributed by atoms with Crippen molar-refractivity contribution >= 4 is 17.9 Å². The van der Waals surface area contributed by atoms with Gasteiger partial charge in [-0.1, -0.05) is 59.3 Å². The molecule has 25 heavy (non-hydrogen) atoms. The molecule has 0 aliphatic heterocycles. The Labute approximate surface area is 162 Å². The molecule has 0 bridgehead atoms. The number of unbranched alkanes of at least 4 members (excludes halogenated alkanes) is 6. The Balaban J connectivity index is -0.000000130. The summed E-state index contributed by atoms with van der Waals surface area (Å²) >= 11 is 0. The molecule has 0 amide bonds. The van der Waals surface area contributed by atoms with E-state index in [4.69, 9.17) is 0 Å². The summed E-state index contributed by atoms with van der Waals surface area (Å²) in [5.41, 5.74) is 0. The van der Waals surface area contributed by atoms with E-state index in [0.717, 1.165) is 57.8 Å². The van der Waals surface area contributed by atoms with Crippen LogP contribution in [-0.2, 0) is 31.5 Å². The van der Waals surface area contributed by atoms with E-state index in [9.17, 15) is 29.7 Å². The Morgan fingerprint density at radius 3 is 0.840 bits per heavy atom. The van der Waals surface area contributed by atoms with Crippen LogP contribution in [0.2, 0.25) is 0 Å². The zero-order valence-electron chi connectivity index (χ0n) is 15.8. The van der Waals surface area contributed by atoms with Crippen LogP contribution < -0.4 is 15.3 Å². The van der Waals surface area contributed by atoms with Gasteiger partial charge in [-0.15, -0.1) is 0 Å². The standard InChI is InChI=1S/3C6H12O2.Fe/c3*1-2-3-4-5-6(7)8;/h3*2-5H2,1H3,(H,7,8);/q;;;+3/p-3. The van der Waals surface area contributed by atoms with E-state index in [1.807, 2.05) is 20.8 Å². The molecule has 0 spiro atoms. The second kappa shape index (κ2) is 27.8. The Hall–Kier alpha value is -1.07. The minimum atomic E-state index is -0.932. The number of carboxylic acids is 3. The number of carbonyl (C=O) groups is 3. The number of carboxylic acid groups (broad SMARTS) is 3. The van der Waals surface area contributed by atoms with Gasteiger partial charge in [0.2, 0.25) is 0 Å². The van der Waals surface area contributed by atoms with Crippen LogP contribution in [0.5, 0.6) is 0 Å². The Morgan fingerprint density at radius 1 is 0.520 bits per heavy atom. The molecule has 0 saturated heterocycles. The van der Waals surface area contributed by atoms with Gasteiger partial charge < -0.3 is 29.7 Å². The summed E-state index contributed by atoms with van der Waals surface area (Å²) in [6, 6.07) is 0. The number of aliphatic carboxylic acids is 3. The molecule has 0 saturated carbocycles. The summed E-state index contributed by atoms with van der Waals surface area (Å²) in [6.07, 6.45) is 9.11. The van der Waals surface area contributed by atoms with E-state index in [0.29, 0.717) is 0 Å². The molecule has 1 radical (unpaired) electrons. The van der Waals surface area contributed by atoms with Crippen LogP contribution in [0.3, 0.4) is 0 Å². The Bertz CT molecular complexity index is 260. The zero-order valence-corrected chi connectivity index (χ0v) is 16.9. The fourth-order valence-electron chi connectivity index (χ4n) is 1.56. The largest absolute Gasteiger partial charge is 3.00 e. The van der Waals surface area contributed by atoms with Gasteiger partial charge in [0.1, 0.15) is 0 Å². The molecule has 0 N–H and O–H groups in total. The summed E-state index contributed by atoms with van der Waals surface area (Å²) in [7, 11) is 0. The first kappa shape index (κ1) is 31.7. The van der Waals surface area contributed by atoms with Crippen molar-refractivity contribution in [2.45, 2.75) is 97.8 Å². The maximum Gasteiger partial charge on any atom is 3.00 e. The van der Waals surface area contributed by atoms with Crippen LogP contribution >= 0.6 is 0 Å². The van der Waals surface area contributed by atoms with Gasteiger partial charge in [-0.2, -0.15) is 0 Å². The van der Waals surface area contributed by atoms with Crippen molar-refractivity contribution in [3.8, 4) is 0 Å². The van der Waals surface area contributed by atoms with E-state index in [-0.39, 0.29) is 36.3 Å². The molecule has 0 aromatic heterocycles. The Kier molecular flexibility index (Phi) is 35.2. The fraction of sp³-hybridized carbons (Fsp3) is 0.833. The monoisotopic (exact) mass is 401 g/mol. The van der Waals surface area contributed by atoms with Crippen LogP contribution in [0.15, 0.2) is 0 Å². The predicted octanol–water partition coefficient (Wildman–Crippen LogP) is 0.947. The minimum Gasteiger partial charge on any atom is -0.550 e. The quantitative estimate of drug-likeness (QED) is 0.355. The molecule has 0 atom stereocenters. The first-order valence-electron chi connectivity index (χ1n) is 8.91. The average molecular weight is 401 g/mol.